The summed E-state index contributed by atoms with van der Waals surface area (Å²) >= 11 is -0.199. The predicted molar refractivity (Wildman–Crippen MR) is 86.0 cm³/mol. The molecule has 0 aromatic heterocycles. The minimum absolute atomic E-state index is 0.0356. The summed E-state index contributed by atoms with van der Waals surface area (Å²) in [5.41, 5.74) is 0. The number of ether oxygens (including phenoxy) is 1. The zero-order valence-corrected chi connectivity index (χ0v) is 14.6. The molecule has 1 unspecified atom stereocenters. The number of esters is 1. The summed E-state index contributed by atoms with van der Waals surface area (Å²) in [4.78, 5) is 23.8. The van der Waals surface area contributed by atoms with Crippen molar-refractivity contribution in [3.8, 4) is 0 Å². The molecular formula is C17H24O3Se. The second-order valence-corrected chi connectivity index (χ2v) is 7.31. The van der Waals surface area contributed by atoms with Crippen LogP contribution in [0, 0.1) is 0 Å². The molecule has 1 rings (SSSR count). The van der Waals surface area contributed by atoms with Crippen molar-refractivity contribution in [2.75, 3.05) is 6.61 Å². The fourth-order valence-electron chi connectivity index (χ4n) is 1.96. The Bertz CT molecular complexity index is 431. The Hall–Kier alpha value is -1.12. The van der Waals surface area contributed by atoms with E-state index in [-0.39, 0.29) is 26.7 Å². The van der Waals surface area contributed by atoms with Crippen molar-refractivity contribution in [3.63, 3.8) is 0 Å². The Labute approximate surface area is 133 Å². The van der Waals surface area contributed by atoms with Crippen molar-refractivity contribution in [2.24, 2.45) is 0 Å². The van der Waals surface area contributed by atoms with Gasteiger partial charge in [0.25, 0.3) is 0 Å². The molecular weight excluding hydrogens is 331 g/mol. The zero-order chi connectivity index (χ0) is 15.5. The summed E-state index contributed by atoms with van der Waals surface area (Å²) in [6.07, 6.45) is 4.69. The molecule has 116 valence electrons. The molecule has 0 amide bonds. The van der Waals surface area contributed by atoms with E-state index in [1.165, 1.54) is 0 Å². The third-order valence-electron chi connectivity index (χ3n) is 3.07. The van der Waals surface area contributed by atoms with Gasteiger partial charge in [-0.25, -0.2) is 0 Å². The van der Waals surface area contributed by atoms with Gasteiger partial charge in [-0.05, 0) is 0 Å². The van der Waals surface area contributed by atoms with Gasteiger partial charge < -0.3 is 0 Å². The molecule has 0 N–H and O–H groups in total. The molecule has 0 spiro atoms. The van der Waals surface area contributed by atoms with Crippen LogP contribution in [-0.4, -0.2) is 33.3 Å². The fraction of sp³-hybridized carbons (Fsp3) is 0.529. The number of ketones is 1. The molecule has 0 saturated heterocycles. The third-order valence-corrected chi connectivity index (χ3v) is 5.66. The molecule has 0 heterocycles. The molecule has 1 atom stereocenters. The van der Waals surface area contributed by atoms with E-state index in [9.17, 15) is 9.59 Å². The molecule has 0 bridgehead atoms. The number of hydrogen-bond donors (Lipinski definition) is 0. The number of benzene rings is 1. The average molecular weight is 355 g/mol. The van der Waals surface area contributed by atoms with E-state index < -0.39 is 4.82 Å². The van der Waals surface area contributed by atoms with Crippen molar-refractivity contribution in [2.45, 2.75) is 50.8 Å². The van der Waals surface area contributed by atoms with E-state index in [4.69, 9.17) is 4.74 Å². The van der Waals surface area contributed by atoms with Gasteiger partial charge in [0, 0.05) is 0 Å². The van der Waals surface area contributed by atoms with Crippen LogP contribution in [0.4, 0.5) is 0 Å². The molecule has 4 heteroatoms. The van der Waals surface area contributed by atoms with Crippen LogP contribution in [0.1, 0.15) is 46.0 Å². The summed E-state index contributed by atoms with van der Waals surface area (Å²) in [5, 5.41) is 0. The predicted octanol–water partition coefficient (Wildman–Crippen LogP) is 2.91. The number of unbranched alkanes of at least 4 members (excludes halogenated alkanes) is 3. The monoisotopic (exact) mass is 356 g/mol. The first-order valence-corrected chi connectivity index (χ1v) is 9.44. The second-order valence-electron chi connectivity index (χ2n) is 4.84. The molecule has 0 radical (unpaired) electrons. The van der Waals surface area contributed by atoms with Crippen molar-refractivity contribution in [3.05, 3.63) is 30.3 Å². The Morgan fingerprint density at radius 3 is 2.43 bits per heavy atom. The Morgan fingerprint density at radius 1 is 1.10 bits per heavy atom. The Kier molecular flexibility index (Phi) is 9.04. The Morgan fingerprint density at radius 2 is 1.81 bits per heavy atom. The molecule has 0 aliphatic rings. The fourth-order valence-corrected chi connectivity index (χ4v) is 4.05. The molecule has 0 fully saturated rings. The van der Waals surface area contributed by atoms with Crippen molar-refractivity contribution in [1.82, 2.24) is 0 Å². The molecule has 0 aliphatic heterocycles. The van der Waals surface area contributed by atoms with Crippen LogP contribution >= 0.6 is 0 Å². The molecule has 3 nitrogen and oxygen atoms in total. The van der Waals surface area contributed by atoms with Gasteiger partial charge in [-0.3, -0.25) is 0 Å². The van der Waals surface area contributed by atoms with E-state index >= 15 is 0 Å². The van der Waals surface area contributed by atoms with Gasteiger partial charge in [-0.2, -0.15) is 0 Å². The van der Waals surface area contributed by atoms with E-state index in [0.717, 1.165) is 30.1 Å². The van der Waals surface area contributed by atoms with E-state index in [1.807, 2.05) is 30.3 Å². The van der Waals surface area contributed by atoms with Gasteiger partial charge in [0.2, 0.25) is 0 Å². The van der Waals surface area contributed by atoms with E-state index in [0.29, 0.717) is 13.0 Å². The van der Waals surface area contributed by atoms with Crippen LogP contribution in [0.5, 0.6) is 0 Å². The Balaban J connectivity index is 2.63. The first-order chi connectivity index (χ1) is 10.2. The van der Waals surface area contributed by atoms with Crippen LogP contribution in [0.2, 0.25) is 4.82 Å². The quantitative estimate of drug-likeness (QED) is 0.281. The first kappa shape index (κ1) is 17.9. The van der Waals surface area contributed by atoms with E-state index in [2.05, 4.69) is 6.92 Å². The molecule has 1 aromatic carbocycles. The summed E-state index contributed by atoms with van der Waals surface area (Å²) < 4.78 is 6.14. The van der Waals surface area contributed by atoms with Gasteiger partial charge in [0.05, 0.1) is 0 Å². The van der Waals surface area contributed by atoms with Crippen LogP contribution in [0.25, 0.3) is 0 Å². The second kappa shape index (κ2) is 10.6. The van der Waals surface area contributed by atoms with Crippen LogP contribution in [0.15, 0.2) is 30.3 Å². The number of hydrogen-bond acceptors (Lipinski definition) is 3. The topological polar surface area (TPSA) is 43.4 Å². The minimum atomic E-state index is -0.596. The number of rotatable bonds is 10. The number of carbonyl (C=O) groups excluding carboxylic acids is 2. The zero-order valence-electron chi connectivity index (χ0n) is 12.8. The normalized spacial score (nSPS) is 11.9. The maximum absolute atomic E-state index is 12.3. The molecule has 0 aliphatic carbocycles. The van der Waals surface area contributed by atoms with Gasteiger partial charge in [-0.15, -0.1) is 0 Å². The van der Waals surface area contributed by atoms with Crippen LogP contribution in [0.3, 0.4) is 0 Å². The van der Waals surface area contributed by atoms with Crippen molar-refractivity contribution in [1.29, 1.82) is 0 Å². The number of Topliss-reactive ketones (excluding diaryl/α,β-unsaturated/α-hetero) is 1. The van der Waals surface area contributed by atoms with Gasteiger partial charge in [0.15, 0.2) is 0 Å². The summed E-state index contributed by atoms with van der Waals surface area (Å²) in [6.45, 7) is 4.24. The van der Waals surface area contributed by atoms with Gasteiger partial charge >= 0.3 is 133 Å². The van der Waals surface area contributed by atoms with E-state index in [1.54, 1.807) is 6.92 Å². The van der Waals surface area contributed by atoms with Gasteiger partial charge in [0.1, 0.15) is 0 Å². The first-order valence-electron chi connectivity index (χ1n) is 7.60. The van der Waals surface area contributed by atoms with Gasteiger partial charge in [-0.1, -0.05) is 0 Å². The SMILES string of the molecule is CCCCCCC(=O)C([Se]c1ccccc1)C(=O)OCC. The summed E-state index contributed by atoms with van der Waals surface area (Å²) in [6, 6.07) is 9.74. The van der Waals surface area contributed by atoms with Crippen LogP contribution in [-0.2, 0) is 14.3 Å². The molecule has 1 aromatic rings. The third kappa shape index (κ3) is 6.92. The standard InChI is InChI=1S/C17H24O3Se/c1-3-5-6-10-13-15(18)16(17(19)20-4-2)21-14-11-8-7-9-12-14/h7-9,11-12,16H,3-6,10,13H2,1-2H3. The maximum atomic E-state index is 12.3. The summed E-state index contributed by atoms with van der Waals surface area (Å²) in [5.74, 6) is -0.324. The number of carbonyl (C=O) groups is 2. The van der Waals surface area contributed by atoms with Crippen LogP contribution < -0.4 is 4.46 Å². The molecule has 21 heavy (non-hydrogen) atoms. The van der Waals surface area contributed by atoms with Crippen molar-refractivity contribution >= 4 is 31.2 Å². The average Bonchev–Trinajstić information content (AvgIpc) is 2.50. The van der Waals surface area contributed by atoms with Crippen molar-refractivity contribution < 1.29 is 14.3 Å². The molecule has 0 saturated carbocycles. The summed E-state index contributed by atoms with van der Waals surface area (Å²) in [7, 11) is 0.